The molecule has 1 aliphatic rings. The van der Waals surface area contributed by atoms with Gasteiger partial charge in [-0.05, 0) is 25.5 Å². The summed E-state index contributed by atoms with van der Waals surface area (Å²) in [6, 6.07) is 3.68. The van der Waals surface area contributed by atoms with E-state index in [9.17, 15) is 13.2 Å². The van der Waals surface area contributed by atoms with Crippen LogP contribution in [-0.4, -0.2) is 56.9 Å². The van der Waals surface area contributed by atoms with Crippen molar-refractivity contribution in [2.24, 2.45) is 0 Å². The van der Waals surface area contributed by atoms with Crippen molar-refractivity contribution in [1.82, 2.24) is 25.1 Å². The molecular formula is C17H21N5O3S2. The van der Waals surface area contributed by atoms with Gasteiger partial charge in [-0.15, -0.1) is 16.8 Å². The van der Waals surface area contributed by atoms with Gasteiger partial charge in [-0.25, -0.2) is 8.42 Å². The minimum absolute atomic E-state index is 0.0186. The van der Waals surface area contributed by atoms with Crippen LogP contribution >= 0.6 is 11.8 Å². The summed E-state index contributed by atoms with van der Waals surface area (Å²) < 4.78 is 25.2. The van der Waals surface area contributed by atoms with Gasteiger partial charge in [-0.1, -0.05) is 17.8 Å². The lowest BCUT2D eigenvalue weighted by Gasteiger charge is -2.23. The molecule has 0 aliphatic carbocycles. The Morgan fingerprint density at radius 2 is 2.15 bits per heavy atom. The second-order valence-electron chi connectivity index (χ2n) is 6.68. The first-order valence-corrected chi connectivity index (χ1v) is 11.2. The van der Waals surface area contributed by atoms with E-state index in [0.29, 0.717) is 23.9 Å². The summed E-state index contributed by atoms with van der Waals surface area (Å²) in [6.45, 7) is 6.03. The zero-order valence-corrected chi connectivity index (χ0v) is 16.6. The third kappa shape index (κ3) is 4.75. The quantitative estimate of drug-likeness (QED) is 0.545. The van der Waals surface area contributed by atoms with E-state index in [1.54, 1.807) is 25.4 Å². The van der Waals surface area contributed by atoms with Gasteiger partial charge in [0, 0.05) is 24.5 Å². The van der Waals surface area contributed by atoms with Gasteiger partial charge in [0.2, 0.25) is 5.91 Å². The molecule has 1 aliphatic heterocycles. The number of carbonyl (C=O) groups excluding carboxylic acids is 1. The third-order valence-electron chi connectivity index (χ3n) is 4.24. The van der Waals surface area contributed by atoms with E-state index < -0.39 is 15.4 Å². The average Bonchev–Trinajstić information content (AvgIpc) is 3.14. The fourth-order valence-electron chi connectivity index (χ4n) is 3.02. The van der Waals surface area contributed by atoms with Crippen molar-refractivity contribution >= 4 is 27.5 Å². The number of pyridine rings is 1. The van der Waals surface area contributed by atoms with E-state index in [4.69, 9.17) is 0 Å². The van der Waals surface area contributed by atoms with Crippen LogP contribution in [0.15, 0.2) is 42.3 Å². The Labute approximate surface area is 162 Å². The Bertz CT molecular complexity index is 943. The minimum Gasteiger partial charge on any atom is -0.349 e. The standard InChI is InChI=1S/C17H21N5O3S2/c1-3-9-22-15(13-4-7-18-8-5-13)20-21-16(22)26-11-14(23)19-17(2)6-10-27(24,25)12-17/h3-5,7-8H,1,6,9-12H2,2H3,(H,19,23)/t17-/m1/s1. The highest BCUT2D eigenvalue weighted by atomic mass is 32.2. The molecule has 1 atom stereocenters. The van der Waals surface area contributed by atoms with Crippen LogP contribution in [-0.2, 0) is 21.2 Å². The SMILES string of the molecule is C=CCn1c(SCC(=O)N[C@]2(C)CCS(=O)(=O)C2)nnc1-c1ccncc1. The van der Waals surface area contributed by atoms with Gasteiger partial charge in [0.1, 0.15) is 0 Å². The van der Waals surface area contributed by atoms with Crippen molar-refractivity contribution in [2.75, 3.05) is 17.3 Å². The van der Waals surface area contributed by atoms with E-state index in [-0.39, 0.29) is 23.2 Å². The first-order valence-electron chi connectivity index (χ1n) is 8.41. The summed E-state index contributed by atoms with van der Waals surface area (Å²) in [5.41, 5.74) is 0.173. The fourth-order valence-corrected chi connectivity index (χ4v) is 5.86. The van der Waals surface area contributed by atoms with Crippen LogP contribution in [0.25, 0.3) is 11.4 Å². The van der Waals surface area contributed by atoms with Crippen LogP contribution in [0.1, 0.15) is 13.3 Å². The Balaban J connectivity index is 1.68. The van der Waals surface area contributed by atoms with Gasteiger partial charge in [0.15, 0.2) is 20.8 Å². The predicted molar refractivity (Wildman–Crippen MR) is 104 cm³/mol. The molecule has 3 heterocycles. The Kier molecular flexibility index (Phi) is 5.66. The number of carbonyl (C=O) groups is 1. The Morgan fingerprint density at radius 3 is 2.78 bits per heavy atom. The molecule has 1 fully saturated rings. The summed E-state index contributed by atoms with van der Waals surface area (Å²) in [7, 11) is -3.07. The molecule has 1 saturated heterocycles. The second-order valence-corrected chi connectivity index (χ2v) is 9.81. The van der Waals surface area contributed by atoms with Crippen LogP contribution < -0.4 is 5.32 Å². The lowest BCUT2D eigenvalue weighted by molar-refractivity contribution is -0.120. The first-order chi connectivity index (χ1) is 12.8. The zero-order chi connectivity index (χ0) is 19.5. The monoisotopic (exact) mass is 407 g/mol. The van der Waals surface area contributed by atoms with Crippen molar-refractivity contribution in [3.63, 3.8) is 0 Å². The molecule has 2 aromatic heterocycles. The first kappa shape index (κ1) is 19.6. The molecule has 0 bridgehead atoms. The number of hydrogen-bond acceptors (Lipinski definition) is 7. The normalized spacial score (nSPS) is 21.1. The molecule has 0 radical (unpaired) electrons. The number of nitrogens with zero attached hydrogens (tertiary/aromatic N) is 4. The van der Waals surface area contributed by atoms with E-state index in [1.165, 1.54) is 11.8 Å². The topological polar surface area (TPSA) is 107 Å². The smallest absolute Gasteiger partial charge is 0.230 e. The van der Waals surface area contributed by atoms with Gasteiger partial charge in [-0.2, -0.15) is 0 Å². The van der Waals surface area contributed by atoms with Crippen molar-refractivity contribution in [3.05, 3.63) is 37.2 Å². The summed E-state index contributed by atoms with van der Waals surface area (Å²) in [5, 5.41) is 11.9. The number of sulfone groups is 1. The molecule has 2 aromatic rings. The molecule has 0 spiro atoms. The Hall–Kier alpha value is -2.20. The summed E-state index contributed by atoms with van der Waals surface area (Å²) >= 11 is 1.26. The van der Waals surface area contributed by atoms with Crippen LogP contribution in [0, 0.1) is 0 Å². The van der Waals surface area contributed by atoms with Crippen molar-refractivity contribution in [3.8, 4) is 11.4 Å². The fraction of sp³-hybridized carbons (Fsp3) is 0.412. The van der Waals surface area contributed by atoms with Crippen LogP contribution in [0.3, 0.4) is 0 Å². The maximum Gasteiger partial charge on any atom is 0.230 e. The van der Waals surface area contributed by atoms with Crippen molar-refractivity contribution in [2.45, 2.75) is 30.6 Å². The van der Waals surface area contributed by atoms with Gasteiger partial charge >= 0.3 is 0 Å². The highest BCUT2D eigenvalue weighted by Gasteiger charge is 2.39. The van der Waals surface area contributed by atoms with Gasteiger partial charge < -0.3 is 5.32 Å². The molecule has 0 saturated carbocycles. The molecule has 10 heteroatoms. The summed E-state index contributed by atoms with van der Waals surface area (Å²) in [5.74, 6) is 0.670. The highest BCUT2D eigenvalue weighted by Crippen LogP contribution is 2.25. The van der Waals surface area contributed by atoms with E-state index in [1.807, 2.05) is 16.7 Å². The second kappa shape index (κ2) is 7.81. The van der Waals surface area contributed by atoms with E-state index >= 15 is 0 Å². The average molecular weight is 408 g/mol. The van der Waals surface area contributed by atoms with Gasteiger partial charge in [0.25, 0.3) is 0 Å². The van der Waals surface area contributed by atoms with Crippen molar-refractivity contribution < 1.29 is 13.2 Å². The number of aromatic nitrogens is 4. The molecule has 1 amide bonds. The molecule has 0 unspecified atom stereocenters. The third-order valence-corrected chi connectivity index (χ3v) is 7.11. The predicted octanol–water partition coefficient (Wildman–Crippen LogP) is 1.31. The molecule has 3 rings (SSSR count). The number of nitrogens with one attached hydrogen (secondary N) is 1. The molecular weight excluding hydrogens is 386 g/mol. The van der Waals surface area contributed by atoms with E-state index in [2.05, 4.69) is 27.1 Å². The van der Waals surface area contributed by atoms with Gasteiger partial charge in [-0.3, -0.25) is 14.3 Å². The number of rotatable bonds is 7. The summed E-state index contributed by atoms with van der Waals surface area (Å²) in [4.78, 5) is 16.3. The summed E-state index contributed by atoms with van der Waals surface area (Å²) in [6.07, 6.45) is 5.53. The molecule has 0 aromatic carbocycles. The van der Waals surface area contributed by atoms with Crippen LogP contribution in [0.4, 0.5) is 0 Å². The van der Waals surface area contributed by atoms with Crippen molar-refractivity contribution in [1.29, 1.82) is 0 Å². The number of hydrogen-bond donors (Lipinski definition) is 1. The van der Waals surface area contributed by atoms with Gasteiger partial charge in [0.05, 0.1) is 22.8 Å². The number of amides is 1. The number of thioether (sulfide) groups is 1. The molecule has 144 valence electrons. The molecule has 1 N–H and O–H groups in total. The lowest BCUT2D eigenvalue weighted by Crippen LogP contribution is -2.47. The highest BCUT2D eigenvalue weighted by molar-refractivity contribution is 7.99. The minimum atomic E-state index is -3.07. The maximum absolute atomic E-state index is 12.3. The van der Waals surface area contributed by atoms with Crippen LogP contribution in [0.2, 0.25) is 0 Å². The molecule has 8 nitrogen and oxygen atoms in total. The molecule has 27 heavy (non-hydrogen) atoms. The maximum atomic E-state index is 12.3. The number of allylic oxidation sites excluding steroid dienone is 1. The Morgan fingerprint density at radius 1 is 1.41 bits per heavy atom. The zero-order valence-electron chi connectivity index (χ0n) is 15.0. The van der Waals surface area contributed by atoms with E-state index in [0.717, 1.165) is 5.56 Å². The van der Waals surface area contributed by atoms with Crippen LogP contribution in [0.5, 0.6) is 0 Å². The largest absolute Gasteiger partial charge is 0.349 e. The lowest BCUT2D eigenvalue weighted by atomic mass is 10.0.